The van der Waals surface area contributed by atoms with E-state index in [0.29, 0.717) is 13.2 Å². The van der Waals surface area contributed by atoms with E-state index in [-0.39, 0.29) is 0 Å². The van der Waals surface area contributed by atoms with Crippen molar-refractivity contribution in [2.75, 3.05) is 13.2 Å². The van der Waals surface area contributed by atoms with Crippen molar-refractivity contribution in [1.82, 2.24) is 0 Å². The molecule has 2 N–H and O–H groups in total. The van der Waals surface area contributed by atoms with Gasteiger partial charge in [-0.15, -0.1) is 0 Å². The van der Waals surface area contributed by atoms with E-state index in [1.165, 1.54) is 83.5 Å². The summed E-state index contributed by atoms with van der Waals surface area (Å²) in [5, 5.41) is 27.5. The number of unbranched alkanes of at least 4 members (excludes halogenated alkanes) is 14. The Morgan fingerprint density at radius 1 is 0.538 bits per heavy atom. The molecule has 0 aliphatic rings. The van der Waals surface area contributed by atoms with Crippen molar-refractivity contribution in [3.05, 3.63) is 12.2 Å². The van der Waals surface area contributed by atoms with Gasteiger partial charge in [-0.1, -0.05) is 76.4 Å². The summed E-state index contributed by atoms with van der Waals surface area (Å²) in [6.07, 6.45) is 24.2. The summed E-state index contributed by atoms with van der Waals surface area (Å²) in [6, 6.07) is 0. The van der Waals surface area contributed by atoms with Gasteiger partial charge in [0.1, 0.15) is 0 Å². The third-order valence-electron chi connectivity index (χ3n) is 4.40. The Morgan fingerprint density at radius 2 is 1.00 bits per heavy atom. The highest BCUT2D eigenvalue weighted by molar-refractivity contribution is 4.81. The van der Waals surface area contributed by atoms with Crippen LogP contribution in [0.5, 0.6) is 0 Å². The lowest BCUT2D eigenvalue weighted by Crippen LogP contribution is -1.97. The summed E-state index contributed by atoms with van der Waals surface area (Å²) in [7, 11) is 0. The van der Waals surface area contributed by atoms with E-state index in [1.54, 1.807) is 0 Å². The second-order valence-electron chi connectivity index (χ2n) is 6.75. The third-order valence-corrected chi connectivity index (χ3v) is 4.40. The number of allylic oxidation sites excluding steroid dienone is 2. The standard InChI is InChI=1S/C20H40O6/c21-19-17-15-13-11-9-7-5-3-1-2-4-6-8-10-12-14-16-18-20-23-25-26-24-22/h1,3,21-22H,2,4-20H2/b3-1-. The molecule has 6 nitrogen and oxygen atoms in total. The first-order valence-corrected chi connectivity index (χ1v) is 10.4. The van der Waals surface area contributed by atoms with Gasteiger partial charge < -0.3 is 5.11 Å². The molecule has 0 fully saturated rings. The van der Waals surface area contributed by atoms with Gasteiger partial charge in [0.15, 0.2) is 0 Å². The Hall–Kier alpha value is -0.500. The second kappa shape index (κ2) is 24.5. The maximum absolute atomic E-state index is 8.70. The van der Waals surface area contributed by atoms with Crippen molar-refractivity contribution in [2.45, 2.75) is 103 Å². The van der Waals surface area contributed by atoms with Crippen molar-refractivity contribution < 1.29 is 30.4 Å². The van der Waals surface area contributed by atoms with Gasteiger partial charge in [-0.3, -0.25) is 0 Å². The maximum Gasteiger partial charge on any atom is 0.0855 e. The van der Waals surface area contributed by atoms with Gasteiger partial charge >= 0.3 is 0 Å². The van der Waals surface area contributed by atoms with Crippen molar-refractivity contribution >= 4 is 0 Å². The van der Waals surface area contributed by atoms with Gasteiger partial charge in [0.05, 0.1) is 6.61 Å². The summed E-state index contributed by atoms with van der Waals surface area (Å²) >= 11 is 0. The average molecular weight is 377 g/mol. The van der Waals surface area contributed by atoms with E-state index in [1.807, 2.05) is 0 Å². The number of rotatable bonds is 22. The van der Waals surface area contributed by atoms with E-state index in [4.69, 9.17) is 10.4 Å². The molecule has 0 aromatic heterocycles. The predicted molar refractivity (Wildman–Crippen MR) is 102 cm³/mol. The summed E-state index contributed by atoms with van der Waals surface area (Å²) in [5.74, 6) is 0. The van der Waals surface area contributed by atoms with Crippen LogP contribution in [-0.2, 0) is 20.0 Å². The van der Waals surface area contributed by atoms with Crippen LogP contribution in [0, 0.1) is 0 Å². The number of hydrogen-bond donors (Lipinski definition) is 2. The molecule has 0 unspecified atom stereocenters. The molecule has 26 heavy (non-hydrogen) atoms. The SMILES string of the molecule is OCCCCCCCC/C=C\CCCCCCCCCCOOOOO. The summed E-state index contributed by atoms with van der Waals surface area (Å²) in [6.45, 7) is 0.771. The summed E-state index contributed by atoms with van der Waals surface area (Å²) in [4.78, 5) is 4.59. The highest BCUT2D eigenvalue weighted by Crippen LogP contribution is 2.11. The van der Waals surface area contributed by atoms with Crippen molar-refractivity contribution in [2.24, 2.45) is 0 Å². The van der Waals surface area contributed by atoms with E-state index < -0.39 is 0 Å². The first-order valence-electron chi connectivity index (χ1n) is 10.4. The van der Waals surface area contributed by atoms with Crippen LogP contribution in [0.15, 0.2) is 12.2 Å². The minimum Gasteiger partial charge on any atom is -0.396 e. The first-order chi connectivity index (χ1) is 12.9. The van der Waals surface area contributed by atoms with E-state index in [2.05, 4.69) is 32.2 Å². The molecule has 6 heteroatoms. The molecule has 0 rings (SSSR count). The van der Waals surface area contributed by atoms with Crippen LogP contribution in [0.3, 0.4) is 0 Å². The zero-order valence-corrected chi connectivity index (χ0v) is 16.4. The Labute approximate surface area is 159 Å². The van der Waals surface area contributed by atoms with E-state index in [9.17, 15) is 0 Å². The zero-order chi connectivity index (χ0) is 19.0. The highest BCUT2D eigenvalue weighted by Gasteiger charge is 1.94. The molecule has 0 bridgehead atoms. The van der Waals surface area contributed by atoms with Gasteiger partial charge in [0, 0.05) is 6.61 Å². The van der Waals surface area contributed by atoms with Crippen LogP contribution < -0.4 is 0 Å². The molecule has 0 aliphatic carbocycles. The molecular formula is C20H40O6. The first kappa shape index (κ1) is 25.5. The topological polar surface area (TPSA) is 77.4 Å². The lowest BCUT2D eigenvalue weighted by Gasteiger charge is -2.02. The van der Waals surface area contributed by atoms with E-state index in [0.717, 1.165) is 19.3 Å². The summed E-state index contributed by atoms with van der Waals surface area (Å²) < 4.78 is 0. The molecular weight excluding hydrogens is 336 g/mol. The van der Waals surface area contributed by atoms with Crippen molar-refractivity contribution in [3.63, 3.8) is 0 Å². The normalized spacial score (nSPS) is 11.6. The fourth-order valence-corrected chi connectivity index (χ4v) is 2.87. The van der Waals surface area contributed by atoms with Gasteiger partial charge in [-0.25, -0.2) is 10.1 Å². The molecule has 0 saturated carbocycles. The number of aliphatic hydroxyl groups is 1. The van der Waals surface area contributed by atoms with Gasteiger partial charge in [-0.05, 0) is 53.6 Å². The Kier molecular flexibility index (Phi) is 24.0. The molecule has 0 aliphatic heterocycles. The molecule has 0 heterocycles. The molecule has 0 radical (unpaired) electrons. The molecule has 0 aromatic carbocycles. The van der Waals surface area contributed by atoms with Crippen LogP contribution in [0.1, 0.15) is 103 Å². The molecule has 0 aromatic rings. The average Bonchev–Trinajstić information content (AvgIpc) is 2.66. The van der Waals surface area contributed by atoms with Gasteiger partial charge in [0.25, 0.3) is 0 Å². The van der Waals surface area contributed by atoms with Crippen LogP contribution in [0.25, 0.3) is 0 Å². The third kappa shape index (κ3) is 23.5. The quantitative estimate of drug-likeness (QED) is 0.103. The zero-order valence-electron chi connectivity index (χ0n) is 16.4. The number of hydrogen-bond acceptors (Lipinski definition) is 6. The van der Waals surface area contributed by atoms with Crippen molar-refractivity contribution in [1.29, 1.82) is 0 Å². The molecule has 0 amide bonds. The fourth-order valence-electron chi connectivity index (χ4n) is 2.87. The summed E-state index contributed by atoms with van der Waals surface area (Å²) in [5.41, 5.74) is 0. The number of aliphatic hydroxyl groups excluding tert-OH is 1. The van der Waals surface area contributed by atoms with Crippen LogP contribution in [0.2, 0.25) is 0 Å². The Morgan fingerprint density at radius 3 is 1.50 bits per heavy atom. The molecule has 0 atom stereocenters. The highest BCUT2D eigenvalue weighted by atomic mass is 17.8. The largest absolute Gasteiger partial charge is 0.396 e. The minimum absolute atomic E-state index is 0.341. The van der Waals surface area contributed by atoms with Crippen LogP contribution in [0.4, 0.5) is 0 Å². The molecule has 0 spiro atoms. The predicted octanol–water partition coefficient (Wildman–Crippen LogP) is 6.06. The molecule has 156 valence electrons. The van der Waals surface area contributed by atoms with Gasteiger partial charge in [-0.2, -0.15) is 0 Å². The van der Waals surface area contributed by atoms with Gasteiger partial charge in [0.2, 0.25) is 0 Å². The maximum atomic E-state index is 8.70. The molecule has 0 saturated heterocycles. The minimum atomic E-state index is 0.341. The van der Waals surface area contributed by atoms with Crippen LogP contribution in [-0.4, -0.2) is 23.6 Å². The Bertz CT molecular complexity index is 273. The van der Waals surface area contributed by atoms with E-state index >= 15 is 0 Å². The van der Waals surface area contributed by atoms with Crippen LogP contribution >= 0.6 is 0 Å². The fraction of sp³-hybridized carbons (Fsp3) is 0.900. The monoisotopic (exact) mass is 376 g/mol. The lowest BCUT2D eigenvalue weighted by atomic mass is 10.1. The lowest BCUT2D eigenvalue weighted by molar-refractivity contribution is -0.702. The second-order valence-corrected chi connectivity index (χ2v) is 6.75. The smallest absolute Gasteiger partial charge is 0.0855 e. The van der Waals surface area contributed by atoms with Crippen molar-refractivity contribution in [3.8, 4) is 0 Å². The Balaban J connectivity index is 3.04.